The fraction of sp³-hybridized carbons (Fsp3) is 0.278. The summed E-state index contributed by atoms with van der Waals surface area (Å²) >= 11 is 3.28. The number of nitrogens with zero attached hydrogens (tertiary/aromatic N) is 1. The Morgan fingerprint density at radius 1 is 1.08 bits per heavy atom. The fourth-order valence-electron chi connectivity index (χ4n) is 2.93. The van der Waals surface area contributed by atoms with E-state index in [1.165, 1.54) is 6.07 Å². The maximum Gasteiger partial charge on any atom is 0.257 e. The summed E-state index contributed by atoms with van der Waals surface area (Å²) in [6, 6.07) is 12.7. The van der Waals surface area contributed by atoms with Gasteiger partial charge < -0.3 is 10.0 Å². The van der Waals surface area contributed by atoms with Crippen LogP contribution in [0.25, 0.3) is 0 Å². The summed E-state index contributed by atoms with van der Waals surface area (Å²) in [6.45, 7) is 0.862. The Morgan fingerprint density at radius 3 is 2.31 bits per heavy atom. The van der Waals surface area contributed by atoms with Crippen molar-refractivity contribution in [3.63, 3.8) is 0 Å². The first-order chi connectivity index (χ1) is 12.4. The van der Waals surface area contributed by atoms with Crippen molar-refractivity contribution >= 4 is 31.9 Å². The molecule has 1 heterocycles. The SMILES string of the molecule is O=C(c1ccccc1O)N1CCC(NS(=O)(=O)c2ccc(Br)cc2)CC1. The Balaban J connectivity index is 1.61. The number of sulfonamides is 1. The molecular formula is C18H19BrN2O4S. The van der Waals surface area contributed by atoms with Gasteiger partial charge in [0.05, 0.1) is 10.5 Å². The second-order valence-electron chi connectivity index (χ2n) is 6.16. The maximum absolute atomic E-state index is 12.5. The van der Waals surface area contributed by atoms with Crippen molar-refractivity contribution in [2.75, 3.05) is 13.1 Å². The van der Waals surface area contributed by atoms with Gasteiger partial charge in [-0.1, -0.05) is 28.1 Å². The zero-order valence-corrected chi connectivity index (χ0v) is 16.3. The molecule has 26 heavy (non-hydrogen) atoms. The lowest BCUT2D eigenvalue weighted by molar-refractivity contribution is 0.0708. The lowest BCUT2D eigenvalue weighted by Crippen LogP contribution is -2.46. The highest BCUT2D eigenvalue weighted by molar-refractivity contribution is 9.10. The van der Waals surface area contributed by atoms with Crippen LogP contribution in [0.5, 0.6) is 5.75 Å². The Bertz CT molecular complexity index is 892. The molecule has 0 spiro atoms. The number of phenols is 1. The van der Waals surface area contributed by atoms with Crippen LogP contribution in [-0.2, 0) is 10.0 Å². The highest BCUT2D eigenvalue weighted by atomic mass is 79.9. The highest BCUT2D eigenvalue weighted by Gasteiger charge is 2.28. The minimum absolute atomic E-state index is 0.0458. The summed E-state index contributed by atoms with van der Waals surface area (Å²) in [5.41, 5.74) is 0.265. The van der Waals surface area contributed by atoms with Crippen LogP contribution in [0.15, 0.2) is 57.9 Å². The highest BCUT2D eigenvalue weighted by Crippen LogP contribution is 2.22. The van der Waals surface area contributed by atoms with E-state index in [0.29, 0.717) is 25.9 Å². The molecule has 2 N–H and O–H groups in total. The van der Waals surface area contributed by atoms with Crippen molar-refractivity contribution in [1.29, 1.82) is 0 Å². The summed E-state index contributed by atoms with van der Waals surface area (Å²) in [6.07, 6.45) is 1.05. The van der Waals surface area contributed by atoms with Crippen molar-refractivity contribution in [3.8, 4) is 5.75 Å². The van der Waals surface area contributed by atoms with E-state index in [4.69, 9.17) is 0 Å². The number of hydrogen-bond acceptors (Lipinski definition) is 4. The monoisotopic (exact) mass is 438 g/mol. The van der Waals surface area contributed by atoms with E-state index in [1.807, 2.05) is 0 Å². The number of piperidine rings is 1. The molecule has 0 aromatic heterocycles. The van der Waals surface area contributed by atoms with Gasteiger partial charge in [-0.3, -0.25) is 4.79 Å². The van der Waals surface area contributed by atoms with Crippen molar-refractivity contribution in [2.24, 2.45) is 0 Å². The van der Waals surface area contributed by atoms with E-state index >= 15 is 0 Å². The molecule has 6 nitrogen and oxygen atoms in total. The van der Waals surface area contributed by atoms with E-state index in [1.54, 1.807) is 47.4 Å². The van der Waals surface area contributed by atoms with Crippen LogP contribution in [-0.4, -0.2) is 43.5 Å². The Labute approximate surface area is 161 Å². The van der Waals surface area contributed by atoms with Gasteiger partial charge in [-0.2, -0.15) is 0 Å². The number of phenolic OH excluding ortho intramolecular Hbond substituents is 1. The number of likely N-dealkylation sites (tertiary alicyclic amines) is 1. The fourth-order valence-corrected chi connectivity index (χ4v) is 4.50. The van der Waals surface area contributed by atoms with Crippen LogP contribution >= 0.6 is 15.9 Å². The van der Waals surface area contributed by atoms with Gasteiger partial charge in [-0.05, 0) is 49.2 Å². The zero-order valence-electron chi connectivity index (χ0n) is 13.9. The van der Waals surface area contributed by atoms with Crippen molar-refractivity contribution < 1.29 is 18.3 Å². The Morgan fingerprint density at radius 2 is 1.69 bits per heavy atom. The topological polar surface area (TPSA) is 86.7 Å². The molecular weight excluding hydrogens is 420 g/mol. The van der Waals surface area contributed by atoms with Gasteiger partial charge in [-0.15, -0.1) is 0 Å². The second-order valence-corrected chi connectivity index (χ2v) is 8.79. The average Bonchev–Trinajstić information content (AvgIpc) is 2.62. The molecule has 0 atom stereocenters. The summed E-state index contributed by atoms with van der Waals surface area (Å²) < 4.78 is 28.4. The Hall–Kier alpha value is -1.90. The van der Waals surface area contributed by atoms with E-state index in [2.05, 4.69) is 20.7 Å². The summed E-state index contributed by atoms with van der Waals surface area (Å²) in [4.78, 5) is 14.3. The minimum Gasteiger partial charge on any atom is -0.507 e. The Kier molecular flexibility index (Phi) is 5.64. The quantitative estimate of drug-likeness (QED) is 0.767. The van der Waals surface area contributed by atoms with Crippen LogP contribution in [0, 0.1) is 0 Å². The number of carbonyl (C=O) groups is 1. The predicted octanol–water partition coefficient (Wildman–Crippen LogP) is 2.74. The van der Waals surface area contributed by atoms with Gasteiger partial charge in [0.25, 0.3) is 5.91 Å². The lowest BCUT2D eigenvalue weighted by Gasteiger charge is -2.32. The van der Waals surface area contributed by atoms with Crippen molar-refractivity contribution in [1.82, 2.24) is 9.62 Å². The van der Waals surface area contributed by atoms with Crippen LogP contribution < -0.4 is 4.72 Å². The molecule has 0 radical (unpaired) electrons. The van der Waals surface area contributed by atoms with E-state index in [0.717, 1.165) is 4.47 Å². The van der Waals surface area contributed by atoms with E-state index in [9.17, 15) is 18.3 Å². The van der Waals surface area contributed by atoms with Gasteiger partial charge in [-0.25, -0.2) is 13.1 Å². The third-order valence-corrected chi connectivity index (χ3v) is 6.43. The summed E-state index contributed by atoms with van der Waals surface area (Å²) in [5, 5.41) is 9.82. The molecule has 1 saturated heterocycles. The number of aromatic hydroxyl groups is 1. The molecule has 1 aliphatic rings. The number of rotatable bonds is 4. The van der Waals surface area contributed by atoms with Crippen LogP contribution in [0.4, 0.5) is 0 Å². The van der Waals surface area contributed by atoms with Crippen LogP contribution in [0.3, 0.4) is 0 Å². The van der Waals surface area contributed by atoms with E-state index in [-0.39, 0.29) is 28.2 Å². The molecule has 0 aliphatic carbocycles. The molecule has 8 heteroatoms. The van der Waals surface area contributed by atoms with E-state index < -0.39 is 10.0 Å². The van der Waals surface area contributed by atoms with Gasteiger partial charge in [0.1, 0.15) is 5.75 Å². The van der Waals surface area contributed by atoms with Gasteiger partial charge in [0, 0.05) is 23.6 Å². The second kappa shape index (κ2) is 7.77. The first kappa shape index (κ1) is 18.9. The first-order valence-corrected chi connectivity index (χ1v) is 10.5. The molecule has 2 aromatic rings. The number of halogens is 1. The first-order valence-electron chi connectivity index (χ1n) is 8.22. The summed E-state index contributed by atoms with van der Waals surface area (Å²) in [5.74, 6) is -0.284. The standard InChI is InChI=1S/C18H19BrN2O4S/c19-13-5-7-15(8-6-13)26(24,25)20-14-9-11-21(12-10-14)18(23)16-3-1-2-4-17(16)22/h1-8,14,20,22H,9-12H2. The molecule has 0 bridgehead atoms. The normalized spacial score (nSPS) is 15.8. The van der Waals surface area contributed by atoms with Gasteiger partial charge in [0.2, 0.25) is 10.0 Å². The maximum atomic E-state index is 12.5. The minimum atomic E-state index is -3.59. The van der Waals surface area contributed by atoms with Gasteiger partial charge in [0.15, 0.2) is 0 Å². The molecule has 2 aromatic carbocycles. The molecule has 0 unspecified atom stereocenters. The molecule has 1 aliphatic heterocycles. The number of benzene rings is 2. The average molecular weight is 439 g/mol. The number of nitrogens with one attached hydrogen (secondary N) is 1. The van der Waals surface area contributed by atoms with Crippen LogP contribution in [0.1, 0.15) is 23.2 Å². The molecule has 1 amide bonds. The third-order valence-electron chi connectivity index (χ3n) is 4.36. The third kappa shape index (κ3) is 4.25. The summed E-state index contributed by atoms with van der Waals surface area (Å²) in [7, 11) is -3.59. The number of carbonyl (C=O) groups excluding carboxylic acids is 1. The van der Waals surface area contributed by atoms with Crippen molar-refractivity contribution in [3.05, 3.63) is 58.6 Å². The largest absolute Gasteiger partial charge is 0.507 e. The number of para-hydroxylation sites is 1. The zero-order chi connectivity index (χ0) is 18.7. The smallest absolute Gasteiger partial charge is 0.257 e. The number of amides is 1. The molecule has 0 saturated carbocycles. The molecule has 138 valence electrons. The predicted molar refractivity (Wildman–Crippen MR) is 101 cm³/mol. The van der Waals surface area contributed by atoms with Gasteiger partial charge >= 0.3 is 0 Å². The van der Waals surface area contributed by atoms with Crippen LogP contribution in [0.2, 0.25) is 0 Å². The molecule has 1 fully saturated rings. The van der Waals surface area contributed by atoms with Crippen molar-refractivity contribution in [2.45, 2.75) is 23.8 Å². The molecule has 3 rings (SSSR count). The number of hydrogen-bond donors (Lipinski definition) is 2. The lowest BCUT2D eigenvalue weighted by atomic mass is 10.0.